The summed E-state index contributed by atoms with van der Waals surface area (Å²) in [6.45, 7) is 3.91. The lowest BCUT2D eigenvalue weighted by Crippen LogP contribution is -1.91. The Morgan fingerprint density at radius 3 is 2.21 bits per heavy atom. The first-order valence-corrected chi connectivity index (χ1v) is 4.24. The van der Waals surface area contributed by atoms with Gasteiger partial charge < -0.3 is 4.74 Å². The van der Waals surface area contributed by atoms with Crippen molar-refractivity contribution < 1.29 is 4.74 Å². The van der Waals surface area contributed by atoms with Gasteiger partial charge in [0.05, 0.1) is 7.11 Å². The van der Waals surface area contributed by atoms with Crippen LogP contribution in [0.25, 0.3) is 0 Å². The summed E-state index contributed by atoms with van der Waals surface area (Å²) in [6, 6.07) is 5.63. The van der Waals surface area contributed by atoms with Gasteiger partial charge >= 0.3 is 0 Å². The third-order valence-electron chi connectivity index (χ3n) is 1.99. The summed E-state index contributed by atoms with van der Waals surface area (Å²) in [4.78, 5) is 0. The fraction of sp³-hybridized carbons (Fsp3) is 0.250. The number of aryl methyl sites for hydroxylation is 2. The van der Waals surface area contributed by atoms with Gasteiger partial charge in [-0.15, -0.1) is 0 Å². The SMILES string of the molecule is COc1cc(C)c(C#CC#N)c(C)c1. The Labute approximate surface area is 84.1 Å². The molecule has 0 fully saturated rings. The maximum Gasteiger partial charge on any atom is 0.152 e. The molecule has 0 heterocycles. The molecule has 0 aliphatic rings. The average Bonchev–Trinajstić information content (AvgIpc) is 2.16. The quantitative estimate of drug-likeness (QED) is 0.628. The van der Waals surface area contributed by atoms with Crippen molar-refractivity contribution in [1.82, 2.24) is 0 Å². The van der Waals surface area contributed by atoms with Crippen LogP contribution in [0, 0.1) is 37.0 Å². The van der Waals surface area contributed by atoms with Crippen molar-refractivity contribution in [1.29, 1.82) is 5.26 Å². The van der Waals surface area contributed by atoms with Crippen LogP contribution < -0.4 is 4.74 Å². The number of hydrogen-bond acceptors (Lipinski definition) is 2. The number of methoxy groups -OCH3 is 1. The van der Waals surface area contributed by atoms with Gasteiger partial charge in [-0.05, 0) is 37.1 Å². The van der Waals surface area contributed by atoms with Crippen molar-refractivity contribution >= 4 is 0 Å². The molecule has 14 heavy (non-hydrogen) atoms. The normalized spacial score (nSPS) is 8.43. The maximum absolute atomic E-state index is 8.36. The zero-order valence-corrected chi connectivity index (χ0v) is 8.51. The Balaban J connectivity index is 3.27. The lowest BCUT2D eigenvalue weighted by Gasteiger charge is -2.06. The molecule has 1 aromatic rings. The van der Waals surface area contributed by atoms with Gasteiger partial charge in [0.2, 0.25) is 0 Å². The molecule has 0 unspecified atom stereocenters. The van der Waals surface area contributed by atoms with Crippen molar-refractivity contribution in [3.8, 4) is 23.7 Å². The molecule has 0 spiro atoms. The van der Waals surface area contributed by atoms with Crippen molar-refractivity contribution in [3.05, 3.63) is 28.8 Å². The van der Waals surface area contributed by atoms with Crippen LogP contribution in [0.2, 0.25) is 0 Å². The van der Waals surface area contributed by atoms with Crippen LogP contribution in [0.3, 0.4) is 0 Å². The second kappa shape index (κ2) is 4.35. The van der Waals surface area contributed by atoms with E-state index in [4.69, 9.17) is 10.00 Å². The van der Waals surface area contributed by atoms with E-state index < -0.39 is 0 Å². The lowest BCUT2D eigenvalue weighted by atomic mass is 10.0. The van der Waals surface area contributed by atoms with Gasteiger partial charge in [-0.3, -0.25) is 0 Å². The number of nitrogens with zero attached hydrogens (tertiary/aromatic N) is 1. The molecule has 1 rings (SSSR count). The third kappa shape index (κ3) is 2.06. The molecule has 0 aliphatic heterocycles. The molecule has 1 aromatic carbocycles. The number of rotatable bonds is 1. The van der Waals surface area contributed by atoms with Crippen LogP contribution in [0.5, 0.6) is 5.75 Å². The second-order valence-corrected chi connectivity index (χ2v) is 3.00. The van der Waals surface area contributed by atoms with E-state index in [0.29, 0.717) is 0 Å². The van der Waals surface area contributed by atoms with Gasteiger partial charge in [0.25, 0.3) is 0 Å². The highest BCUT2D eigenvalue weighted by Gasteiger charge is 2.02. The van der Waals surface area contributed by atoms with Crippen molar-refractivity contribution in [2.45, 2.75) is 13.8 Å². The topological polar surface area (TPSA) is 33.0 Å². The first-order chi connectivity index (χ1) is 6.69. The van der Waals surface area contributed by atoms with Crippen LogP contribution in [0.4, 0.5) is 0 Å². The van der Waals surface area contributed by atoms with E-state index in [9.17, 15) is 0 Å². The fourth-order valence-electron chi connectivity index (χ4n) is 1.33. The van der Waals surface area contributed by atoms with E-state index in [-0.39, 0.29) is 0 Å². The Kier molecular flexibility index (Phi) is 3.15. The summed E-state index contributed by atoms with van der Waals surface area (Å²) in [5.41, 5.74) is 2.97. The molecule has 70 valence electrons. The second-order valence-electron chi connectivity index (χ2n) is 3.00. The van der Waals surface area contributed by atoms with E-state index in [2.05, 4.69) is 11.8 Å². The van der Waals surface area contributed by atoms with Crippen molar-refractivity contribution in [3.63, 3.8) is 0 Å². The lowest BCUT2D eigenvalue weighted by molar-refractivity contribution is 0.414. The Morgan fingerprint density at radius 2 is 1.79 bits per heavy atom. The van der Waals surface area contributed by atoms with E-state index in [0.717, 1.165) is 22.4 Å². The Bertz CT molecular complexity index is 421. The predicted octanol–water partition coefficient (Wildman–Crippen LogP) is 2.19. The van der Waals surface area contributed by atoms with Crippen LogP contribution in [-0.2, 0) is 0 Å². The molecule has 0 aromatic heterocycles. The van der Waals surface area contributed by atoms with Crippen LogP contribution >= 0.6 is 0 Å². The molecule has 0 amide bonds. The number of hydrogen-bond donors (Lipinski definition) is 0. The minimum atomic E-state index is 0.822. The molecule has 0 atom stereocenters. The summed E-state index contributed by atoms with van der Waals surface area (Å²) >= 11 is 0. The smallest absolute Gasteiger partial charge is 0.152 e. The minimum absolute atomic E-state index is 0.822. The van der Waals surface area contributed by atoms with Gasteiger partial charge in [0.15, 0.2) is 6.07 Å². The fourth-order valence-corrected chi connectivity index (χ4v) is 1.33. The highest BCUT2D eigenvalue weighted by atomic mass is 16.5. The molecule has 0 radical (unpaired) electrons. The molecule has 2 nitrogen and oxygen atoms in total. The van der Waals surface area contributed by atoms with E-state index in [1.54, 1.807) is 13.2 Å². The summed E-state index contributed by atoms with van der Waals surface area (Å²) in [7, 11) is 1.63. The third-order valence-corrected chi connectivity index (χ3v) is 1.99. The zero-order valence-electron chi connectivity index (χ0n) is 8.51. The van der Waals surface area contributed by atoms with Crippen molar-refractivity contribution in [2.24, 2.45) is 0 Å². The van der Waals surface area contributed by atoms with Gasteiger partial charge in [0, 0.05) is 11.5 Å². The first kappa shape index (κ1) is 10.2. The molecule has 2 heteroatoms. The molecule has 0 saturated carbocycles. The Hall–Kier alpha value is -1.93. The van der Waals surface area contributed by atoms with Crippen LogP contribution in [0.1, 0.15) is 16.7 Å². The largest absolute Gasteiger partial charge is 0.497 e. The summed E-state index contributed by atoms with van der Waals surface area (Å²) in [6.07, 6.45) is 0. The summed E-state index contributed by atoms with van der Waals surface area (Å²) in [5, 5.41) is 8.36. The van der Waals surface area contributed by atoms with Crippen LogP contribution in [0.15, 0.2) is 12.1 Å². The standard InChI is InChI=1S/C12H11NO/c1-9-7-11(14-3)8-10(2)12(9)5-4-6-13/h7-8H,1-3H3. The average molecular weight is 185 g/mol. The molecular weight excluding hydrogens is 174 g/mol. The van der Waals surface area contributed by atoms with E-state index in [1.165, 1.54) is 0 Å². The van der Waals surface area contributed by atoms with E-state index >= 15 is 0 Å². The van der Waals surface area contributed by atoms with Gasteiger partial charge in [-0.1, -0.05) is 5.92 Å². The van der Waals surface area contributed by atoms with Crippen LogP contribution in [-0.4, -0.2) is 7.11 Å². The van der Waals surface area contributed by atoms with E-state index in [1.807, 2.05) is 26.0 Å². The summed E-state index contributed by atoms with van der Waals surface area (Å²) in [5.74, 6) is 6.04. The monoisotopic (exact) mass is 185 g/mol. The molecule has 0 bridgehead atoms. The molecule has 0 N–H and O–H groups in total. The van der Waals surface area contributed by atoms with Gasteiger partial charge in [-0.25, -0.2) is 0 Å². The summed E-state index contributed by atoms with van der Waals surface area (Å²) < 4.78 is 5.12. The number of nitriles is 1. The Morgan fingerprint density at radius 1 is 1.21 bits per heavy atom. The maximum atomic E-state index is 8.36. The van der Waals surface area contributed by atoms with Crippen molar-refractivity contribution in [2.75, 3.05) is 7.11 Å². The predicted molar refractivity (Wildman–Crippen MR) is 55.0 cm³/mol. The van der Waals surface area contributed by atoms with Gasteiger partial charge in [-0.2, -0.15) is 5.26 Å². The molecule has 0 saturated heterocycles. The highest BCUT2D eigenvalue weighted by molar-refractivity contribution is 5.51. The molecule has 0 aliphatic carbocycles. The number of benzene rings is 1. The highest BCUT2D eigenvalue weighted by Crippen LogP contribution is 2.20. The van der Waals surface area contributed by atoms with Gasteiger partial charge in [0.1, 0.15) is 5.75 Å². The molecular formula is C12H11NO. The number of ether oxygens (including phenoxy) is 1. The first-order valence-electron chi connectivity index (χ1n) is 4.24. The zero-order chi connectivity index (χ0) is 10.6. The minimum Gasteiger partial charge on any atom is -0.497 e.